The molecule has 0 spiro atoms. The average molecular weight is 273 g/mol. The van der Waals surface area contributed by atoms with Crippen molar-refractivity contribution in [3.05, 3.63) is 29.3 Å². The molecule has 0 bridgehead atoms. The Kier molecular flexibility index (Phi) is 7.36. The molecule has 0 saturated heterocycles. The molecule has 19 heavy (non-hydrogen) atoms. The number of halogens is 2. The third kappa shape index (κ3) is 5.98. The molecule has 5 heteroatoms. The standard InChI is InChI=1S/C14H21F2NO2/c1-3-6-17-8-11-4-5-13(18-2)12(7-11)9-19-10-14(15)16/h4-5,7,14,17H,3,6,8-10H2,1-2H3. The first kappa shape index (κ1) is 15.9. The van der Waals surface area contributed by atoms with Crippen LogP contribution in [0.5, 0.6) is 5.75 Å². The van der Waals surface area contributed by atoms with E-state index in [2.05, 4.69) is 12.2 Å². The molecule has 0 aromatic heterocycles. The van der Waals surface area contributed by atoms with E-state index in [4.69, 9.17) is 9.47 Å². The molecule has 0 aliphatic rings. The number of methoxy groups -OCH3 is 1. The van der Waals surface area contributed by atoms with E-state index in [1.54, 1.807) is 7.11 Å². The van der Waals surface area contributed by atoms with Gasteiger partial charge in [-0.15, -0.1) is 0 Å². The lowest BCUT2D eigenvalue weighted by Crippen LogP contribution is -2.14. The third-order valence-corrected chi connectivity index (χ3v) is 2.60. The molecular weight excluding hydrogens is 252 g/mol. The van der Waals surface area contributed by atoms with Crippen LogP contribution < -0.4 is 10.1 Å². The molecule has 0 radical (unpaired) electrons. The molecule has 0 fully saturated rings. The van der Waals surface area contributed by atoms with Gasteiger partial charge in [0.25, 0.3) is 6.43 Å². The lowest BCUT2D eigenvalue weighted by molar-refractivity contribution is 0.00931. The molecule has 108 valence electrons. The predicted octanol–water partition coefficient (Wildman–Crippen LogP) is 2.98. The minimum atomic E-state index is -2.44. The largest absolute Gasteiger partial charge is 0.496 e. The number of benzene rings is 1. The van der Waals surface area contributed by atoms with Gasteiger partial charge in [-0.1, -0.05) is 13.0 Å². The van der Waals surface area contributed by atoms with E-state index < -0.39 is 13.0 Å². The minimum Gasteiger partial charge on any atom is -0.496 e. The molecular formula is C14H21F2NO2. The van der Waals surface area contributed by atoms with E-state index in [0.29, 0.717) is 5.75 Å². The Bertz CT molecular complexity index is 372. The van der Waals surface area contributed by atoms with Crippen LogP contribution >= 0.6 is 0 Å². The fourth-order valence-corrected chi connectivity index (χ4v) is 1.72. The second kappa shape index (κ2) is 8.82. The van der Waals surface area contributed by atoms with E-state index in [9.17, 15) is 8.78 Å². The summed E-state index contributed by atoms with van der Waals surface area (Å²) in [7, 11) is 1.56. The summed E-state index contributed by atoms with van der Waals surface area (Å²) in [6, 6.07) is 5.72. The SMILES string of the molecule is CCCNCc1ccc(OC)c(COCC(F)F)c1. The van der Waals surface area contributed by atoms with Crippen LogP contribution in [-0.4, -0.2) is 26.7 Å². The van der Waals surface area contributed by atoms with Crippen LogP contribution in [0.25, 0.3) is 0 Å². The van der Waals surface area contributed by atoms with Gasteiger partial charge in [-0.05, 0) is 30.7 Å². The summed E-state index contributed by atoms with van der Waals surface area (Å²) in [5.74, 6) is 0.661. The van der Waals surface area contributed by atoms with Gasteiger partial charge in [0, 0.05) is 12.1 Å². The highest BCUT2D eigenvalue weighted by Gasteiger charge is 2.07. The van der Waals surface area contributed by atoms with Gasteiger partial charge < -0.3 is 14.8 Å². The van der Waals surface area contributed by atoms with Crippen LogP contribution in [0.4, 0.5) is 8.78 Å². The second-order valence-electron chi connectivity index (χ2n) is 4.23. The molecule has 3 nitrogen and oxygen atoms in total. The Hall–Kier alpha value is -1.20. The molecule has 0 saturated carbocycles. The number of alkyl halides is 2. The molecule has 0 aliphatic carbocycles. The number of rotatable bonds is 9. The summed E-state index contributed by atoms with van der Waals surface area (Å²) >= 11 is 0. The smallest absolute Gasteiger partial charge is 0.261 e. The Morgan fingerprint density at radius 2 is 2.11 bits per heavy atom. The fraction of sp³-hybridized carbons (Fsp3) is 0.571. The van der Waals surface area contributed by atoms with E-state index >= 15 is 0 Å². The van der Waals surface area contributed by atoms with Gasteiger partial charge in [0.05, 0.1) is 13.7 Å². The van der Waals surface area contributed by atoms with Crippen LogP contribution in [0.1, 0.15) is 24.5 Å². The van der Waals surface area contributed by atoms with Crippen LogP contribution in [0.2, 0.25) is 0 Å². The zero-order valence-electron chi connectivity index (χ0n) is 11.4. The van der Waals surface area contributed by atoms with Crippen molar-refractivity contribution < 1.29 is 18.3 Å². The maximum atomic E-state index is 12.0. The lowest BCUT2D eigenvalue weighted by atomic mass is 10.1. The summed E-state index contributed by atoms with van der Waals surface area (Å²) in [6.07, 6.45) is -1.37. The highest BCUT2D eigenvalue weighted by Crippen LogP contribution is 2.21. The van der Waals surface area contributed by atoms with Crippen LogP contribution in [0, 0.1) is 0 Å². The van der Waals surface area contributed by atoms with Crippen molar-refractivity contribution in [3.8, 4) is 5.75 Å². The first-order valence-electron chi connectivity index (χ1n) is 6.39. The van der Waals surface area contributed by atoms with Crippen LogP contribution in [0.15, 0.2) is 18.2 Å². The molecule has 1 aromatic carbocycles. The van der Waals surface area contributed by atoms with E-state index in [1.165, 1.54) is 0 Å². The molecule has 0 atom stereocenters. The van der Waals surface area contributed by atoms with Crippen LogP contribution in [-0.2, 0) is 17.9 Å². The van der Waals surface area contributed by atoms with Gasteiger partial charge in [-0.2, -0.15) is 0 Å². The lowest BCUT2D eigenvalue weighted by Gasteiger charge is -2.12. The predicted molar refractivity (Wildman–Crippen MR) is 70.7 cm³/mol. The fourth-order valence-electron chi connectivity index (χ4n) is 1.72. The average Bonchev–Trinajstić information content (AvgIpc) is 2.39. The number of nitrogens with one attached hydrogen (secondary N) is 1. The van der Waals surface area contributed by atoms with E-state index in [0.717, 1.165) is 30.6 Å². The third-order valence-electron chi connectivity index (χ3n) is 2.60. The summed E-state index contributed by atoms with van der Waals surface area (Å²) in [5, 5.41) is 3.29. The normalized spacial score (nSPS) is 11.0. The number of hydrogen-bond acceptors (Lipinski definition) is 3. The minimum absolute atomic E-state index is 0.134. The van der Waals surface area contributed by atoms with Crippen molar-refractivity contribution in [2.45, 2.75) is 32.9 Å². The van der Waals surface area contributed by atoms with Crippen LogP contribution in [0.3, 0.4) is 0 Å². The number of ether oxygens (including phenoxy) is 2. The topological polar surface area (TPSA) is 30.5 Å². The quantitative estimate of drug-likeness (QED) is 0.702. The van der Waals surface area contributed by atoms with Gasteiger partial charge in [0.15, 0.2) is 0 Å². The van der Waals surface area contributed by atoms with Gasteiger partial charge in [0.2, 0.25) is 0 Å². The molecule has 0 aliphatic heterocycles. The zero-order valence-corrected chi connectivity index (χ0v) is 11.4. The molecule has 1 N–H and O–H groups in total. The molecule has 0 unspecified atom stereocenters. The highest BCUT2D eigenvalue weighted by molar-refractivity contribution is 5.36. The summed E-state index contributed by atoms with van der Waals surface area (Å²) in [6.45, 7) is 3.38. The maximum Gasteiger partial charge on any atom is 0.261 e. The number of hydrogen-bond donors (Lipinski definition) is 1. The van der Waals surface area contributed by atoms with E-state index in [-0.39, 0.29) is 6.61 Å². The van der Waals surface area contributed by atoms with Gasteiger partial charge in [-0.25, -0.2) is 8.78 Å². The van der Waals surface area contributed by atoms with E-state index in [1.807, 2.05) is 18.2 Å². The first-order valence-corrected chi connectivity index (χ1v) is 6.39. The monoisotopic (exact) mass is 273 g/mol. The first-order chi connectivity index (χ1) is 9.17. The maximum absolute atomic E-state index is 12.0. The van der Waals surface area contributed by atoms with Crippen molar-refractivity contribution in [2.75, 3.05) is 20.3 Å². The second-order valence-corrected chi connectivity index (χ2v) is 4.23. The van der Waals surface area contributed by atoms with Crippen molar-refractivity contribution in [3.63, 3.8) is 0 Å². The van der Waals surface area contributed by atoms with Gasteiger partial charge in [0.1, 0.15) is 12.4 Å². The van der Waals surface area contributed by atoms with Crippen molar-refractivity contribution in [1.82, 2.24) is 5.32 Å². The zero-order chi connectivity index (χ0) is 14.1. The van der Waals surface area contributed by atoms with Crippen molar-refractivity contribution in [1.29, 1.82) is 0 Å². The van der Waals surface area contributed by atoms with Gasteiger partial charge in [-0.3, -0.25) is 0 Å². The van der Waals surface area contributed by atoms with Gasteiger partial charge >= 0.3 is 0 Å². The summed E-state index contributed by atoms with van der Waals surface area (Å²) in [5.41, 5.74) is 1.88. The summed E-state index contributed by atoms with van der Waals surface area (Å²) < 4.78 is 34.2. The Labute approximate surface area is 112 Å². The molecule has 1 aromatic rings. The molecule has 0 amide bonds. The summed E-state index contributed by atoms with van der Waals surface area (Å²) in [4.78, 5) is 0. The Balaban J connectivity index is 2.61. The highest BCUT2D eigenvalue weighted by atomic mass is 19.3. The van der Waals surface area contributed by atoms with Crippen molar-refractivity contribution >= 4 is 0 Å². The molecule has 0 heterocycles. The molecule has 1 rings (SSSR count). The van der Waals surface area contributed by atoms with Crippen molar-refractivity contribution in [2.24, 2.45) is 0 Å². The Morgan fingerprint density at radius 1 is 1.32 bits per heavy atom. The Morgan fingerprint density at radius 3 is 2.74 bits per heavy atom.